The molecular formula is C11H10F2N2O3. The molecule has 0 aliphatic rings. The van der Waals surface area contributed by atoms with Crippen LogP contribution in [0.3, 0.4) is 0 Å². The second kappa shape index (κ2) is 7.66. The van der Waals surface area contributed by atoms with Crippen LogP contribution in [0.4, 0.5) is 8.78 Å². The minimum absolute atomic E-state index is 0.250. The molecule has 18 heavy (non-hydrogen) atoms. The predicted octanol–water partition coefficient (Wildman–Crippen LogP) is 1.18. The van der Waals surface area contributed by atoms with Crippen LogP contribution >= 0.6 is 0 Å². The third-order valence-corrected chi connectivity index (χ3v) is 1.65. The summed E-state index contributed by atoms with van der Waals surface area (Å²) < 4.78 is 26.0. The normalized spacial score (nSPS) is 9.44. The van der Waals surface area contributed by atoms with Gasteiger partial charge < -0.3 is 10.8 Å². The first kappa shape index (κ1) is 15.4. The molecule has 0 heterocycles. The number of aliphatic carboxylic acids is 1. The molecule has 0 aliphatic carbocycles. The fourth-order valence-electron chi connectivity index (χ4n) is 0.908. The molecule has 0 aromatic heterocycles. The molecule has 0 aliphatic heterocycles. The Hall–Kier alpha value is -2.57. The molecule has 0 saturated heterocycles. The SMILES string of the molecule is N=C(/C=C\c1c(F)cccc1F)C(=O)O.NC=O. The highest BCUT2D eigenvalue weighted by Gasteiger charge is 2.06. The summed E-state index contributed by atoms with van der Waals surface area (Å²) in [7, 11) is 0. The number of nitrogens with two attached hydrogens (primary N) is 1. The standard InChI is InChI=1S/C10H7F2NO2.CH3NO/c11-7-2-1-3-8(12)6(7)4-5-9(13)10(14)15;2-1-3/h1-5,13H,(H,14,15);1H,(H2,2,3)/b5-4-,13-9?;. The maximum Gasteiger partial charge on any atom is 0.353 e. The smallest absolute Gasteiger partial charge is 0.353 e. The van der Waals surface area contributed by atoms with E-state index in [4.69, 9.17) is 15.3 Å². The number of carboxylic acid groups (broad SMARTS) is 1. The van der Waals surface area contributed by atoms with Crippen molar-refractivity contribution in [2.75, 3.05) is 0 Å². The Morgan fingerprint density at radius 3 is 2.17 bits per heavy atom. The summed E-state index contributed by atoms with van der Waals surface area (Å²) >= 11 is 0. The lowest BCUT2D eigenvalue weighted by Crippen LogP contribution is -2.07. The summed E-state index contributed by atoms with van der Waals surface area (Å²) in [6, 6.07) is 3.30. The summed E-state index contributed by atoms with van der Waals surface area (Å²) in [5.74, 6) is -3.06. The van der Waals surface area contributed by atoms with Crippen LogP contribution in [0.1, 0.15) is 5.56 Å². The summed E-state index contributed by atoms with van der Waals surface area (Å²) in [6.45, 7) is 0. The van der Waals surface area contributed by atoms with Gasteiger partial charge in [-0.2, -0.15) is 0 Å². The Morgan fingerprint density at radius 2 is 1.78 bits per heavy atom. The van der Waals surface area contributed by atoms with Crippen molar-refractivity contribution >= 4 is 24.2 Å². The van der Waals surface area contributed by atoms with Gasteiger partial charge in [0.2, 0.25) is 6.41 Å². The average Bonchev–Trinajstić information content (AvgIpc) is 2.29. The number of hydrogen-bond donors (Lipinski definition) is 3. The molecule has 0 bridgehead atoms. The van der Waals surface area contributed by atoms with Gasteiger partial charge in [0.15, 0.2) is 0 Å². The van der Waals surface area contributed by atoms with Crippen LogP contribution in [-0.2, 0) is 9.59 Å². The molecule has 1 aromatic rings. The second-order valence-corrected chi connectivity index (χ2v) is 2.82. The number of halogens is 2. The third-order valence-electron chi connectivity index (χ3n) is 1.65. The first-order valence-electron chi connectivity index (χ1n) is 4.53. The molecule has 7 heteroatoms. The van der Waals surface area contributed by atoms with Crippen molar-refractivity contribution in [3.63, 3.8) is 0 Å². The highest BCUT2D eigenvalue weighted by molar-refractivity contribution is 6.39. The molecule has 1 aromatic carbocycles. The minimum atomic E-state index is -1.46. The van der Waals surface area contributed by atoms with E-state index in [1.54, 1.807) is 0 Å². The molecule has 0 fully saturated rings. The molecule has 1 amide bonds. The van der Waals surface area contributed by atoms with Gasteiger partial charge in [-0.1, -0.05) is 6.07 Å². The Kier molecular flexibility index (Phi) is 6.57. The zero-order valence-corrected chi connectivity index (χ0v) is 9.06. The quantitative estimate of drug-likeness (QED) is 0.558. The summed E-state index contributed by atoms with van der Waals surface area (Å²) in [5, 5.41) is 15.2. The molecule has 0 saturated carbocycles. The Labute approximate surface area is 101 Å². The maximum atomic E-state index is 13.0. The van der Waals surface area contributed by atoms with E-state index < -0.39 is 23.3 Å². The molecule has 96 valence electrons. The van der Waals surface area contributed by atoms with E-state index in [-0.39, 0.29) is 12.0 Å². The van der Waals surface area contributed by atoms with Gasteiger partial charge >= 0.3 is 5.97 Å². The molecule has 1 rings (SSSR count). The molecule has 4 N–H and O–H groups in total. The molecule has 5 nitrogen and oxygen atoms in total. The molecule has 0 radical (unpaired) electrons. The maximum absolute atomic E-state index is 13.0. The largest absolute Gasteiger partial charge is 0.477 e. The number of primary amides is 1. The van der Waals surface area contributed by atoms with Gasteiger partial charge in [-0.3, -0.25) is 10.2 Å². The average molecular weight is 256 g/mol. The monoisotopic (exact) mass is 256 g/mol. The number of carbonyl (C=O) groups excluding carboxylic acids is 1. The lowest BCUT2D eigenvalue weighted by atomic mass is 10.1. The zero-order valence-electron chi connectivity index (χ0n) is 9.06. The van der Waals surface area contributed by atoms with Gasteiger partial charge in [0, 0.05) is 5.56 Å². The van der Waals surface area contributed by atoms with Gasteiger partial charge in [-0.15, -0.1) is 0 Å². The second-order valence-electron chi connectivity index (χ2n) is 2.82. The lowest BCUT2D eigenvalue weighted by molar-refractivity contribution is -0.129. The molecule has 0 atom stereocenters. The first-order chi connectivity index (χ1) is 8.43. The molecular weight excluding hydrogens is 246 g/mol. The third kappa shape index (κ3) is 4.97. The molecule has 0 unspecified atom stereocenters. The van der Waals surface area contributed by atoms with Crippen LogP contribution in [0.5, 0.6) is 0 Å². The van der Waals surface area contributed by atoms with E-state index >= 15 is 0 Å². The van der Waals surface area contributed by atoms with Crippen molar-refractivity contribution in [2.24, 2.45) is 5.73 Å². The van der Waals surface area contributed by atoms with Crippen LogP contribution in [-0.4, -0.2) is 23.2 Å². The van der Waals surface area contributed by atoms with Crippen molar-refractivity contribution < 1.29 is 23.5 Å². The number of amides is 1. The summed E-state index contributed by atoms with van der Waals surface area (Å²) in [6.07, 6.45) is 1.99. The Balaban J connectivity index is 0.000000873. The van der Waals surface area contributed by atoms with Gasteiger partial charge in [0.25, 0.3) is 0 Å². The Bertz CT molecular complexity index is 467. The van der Waals surface area contributed by atoms with E-state index in [2.05, 4.69) is 5.73 Å². The highest BCUT2D eigenvalue weighted by atomic mass is 19.1. The van der Waals surface area contributed by atoms with Crippen molar-refractivity contribution in [1.82, 2.24) is 0 Å². The summed E-state index contributed by atoms with van der Waals surface area (Å²) in [5.41, 5.74) is 3.07. The lowest BCUT2D eigenvalue weighted by Gasteiger charge is -1.97. The highest BCUT2D eigenvalue weighted by Crippen LogP contribution is 2.13. The van der Waals surface area contributed by atoms with Gasteiger partial charge in [-0.05, 0) is 24.3 Å². The van der Waals surface area contributed by atoms with Crippen LogP contribution in [0.15, 0.2) is 24.3 Å². The first-order valence-corrected chi connectivity index (χ1v) is 4.53. The Morgan fingerprint density at radius 1 is 1.33 bits per heavy atom. The van der Waals surface area contributed by atoms with E-state index in [1.165, 1.54) is 6.07 Å². The van der Waals surface area contributed by atoms with Crippen molar-refractivity contribution in [1.29, 1.82) is 5.41 Å². The number of hydrogen-bond acceptors (Lipinski definition) is 3. The van der Waals surface area contributed by atoms with Crippen molar-refractivity contribution in [3.8, 4) is 0 Å². The van der Waals surface area contributed by atoms with Gasteiger partial charge in [-0.25, -0.2) is 13.6 Å². The van der Waals surface area contributed by atoms with E-state index in [9.17, 15) is 13.6 Å². The summed E-state index contributed by atoms with van der Waals surface area (Å²) in [4.78, 5) is 18.8. The van der Waals surface area contributed by atoms with E-state index in [0.29, 0.717) is 0 Å². The molecule has 0 spiro atoms. The topological polar surface area (TPSA) is 104 Å². The number of nitrogens with one attached hydrogen (secondary N) is 1. The van der Waals surface area contributed by atoms with Crippen LogP contribution in [0.25, 0.3) is 6.08 Å². The fourth-order valence-corrected chi connectivity index (χ4v) is 0.908. The van der Waals surface area contributed by atoms with Crippen molar-refractivity contribution in [2.45, 2.75) is 0 Å². The van der Waals surface area contributed by atoms with E-state index in [1.807, 2.05) is 0 Å². The number of carboxylic acids is 1. The number of carbonyl (C=O) groups is 2. The van der Waals surface area contributed by atoms with Crippen LogP contribution in [0, 0.1) is 17.0 Å². The predicted molar refractivity (Wildman–Crippen MR) is 61.0 cm³/mol. The van der Waals surface area contributed by atoms with Crippen LogP contribution < -0.4 is 5.73 Å². The van der Waals surface area contributed by atoms with Crippen molar-refractivity contribution in [3.05, 3.63) is 41.5 Å². The number of benzene rings is 1. The van der Waals surface area contributed by atoms with Gasteiger partial charge in [0.05, 0.1) is 0 Å². The zero-order chi connectivity index (χ0) is 14.1. The number of rotatable bonds is 3. The van der Waals surface area contributed by atoms with Crippen LogP contribution in [0.2, 0.25) is 0 Å². The fraction of sp³-hybridized carbons (Fsp3) is 0. The van der Waals surface area contributed by atoms with E-state index in [0.717, 1.165) is 24.3 Å². The van der Waals surface area contributed by atoms with Gasteiger partial charge in [0.1, 0.15) is 17.3 Å². The minimum Gasteiger partial charge on any atom is -0.477 e.